The molecule has 2 N–H and O–H groups in total. The zero-order valence-electron chi connectivity index (χ0n) is 11.0. The van der Waals surface area contributed by atoms with Gasteiger partial charge in [0, 0.05) is 6.04 Å². The van der Waals surface area contributed by atoms with Crippen LogP contribution in [0.4, 0.5) is 0 Å². The SMILES string of the molecule is C#CCNC1CCc2ccccc21.CCS(=O)(=O)O. The lowest BCUT2D eigenvalue weighted by atomic mass is 10.1. The number of nitrogens with one attached hydrogen (secondary N) is 1. The van der Waals surface area contributed by atoms with Crippen LogP contribution in [0, 0.1) is 12.3 Å². The number of rotatable bonds is 3. The molecule has 1 aromatic carbocycles. The third-order valence-corrected chi connectivity index (χ3v) is 3.68. The van der Waals surface area contributed by atoms with E-state index in [2.05, 4.69) is 35.5 Å². The topological polar surface area (TPSA) is 66.4 Å². The van der Waals surface area contributed by atoms with Gasteiger partial charge in [0.2, 0.25) is 0 Å². The number of benzene rings is 1. The smallest absolute Gasteiger partial charge is 0.264 e. The molecular formula is C14H19NO3S. The average Bonchev–Trinajstić information content (AvgIpc) is 2.79. The number of terminal acetylenes is 1. The van der Waals surface area contributed by atoms with Crippen LogP contribution in [-0.2, 0) is 16.5 Å². The Kier molecular flexibility index (Phi) is 6.03. The summed E-state index contributed by atoms with van der Waals surface area (Å²) in [6.07, 6.45) is 7.57. The van der Waals surface area contributed by atoms with Gasteiger partial charge < -0.3 is 0 Å². The Labute approximate surface area is 115 Å². The van der Waals surface area contributed by atoms with E-state index < -0.39 is 10.1 Å². The van der Waals surface area contributed by atoms with E-state index in [1.165, 1.54) is 30.9 Å². The molecule has 0 saturated carbocycles. The molecule has 1 aliphatic carbocycles. The first-order chi connectivity index (χ1) is 8.98. The minimum atomic E-state index is -3.66. The maximum atomic E-state index is 9.56. The molecule has 0 aliphatic heterocycles. The molecule has 0 spiro atoms. The molecule has 0 radical (unpaired) electrons. The zero-order valence-corrected chi connectivity index (χ0v) is 11.8. The fraction of sp³-hybridized carbons (Fsp3) is 0.429. The van der Waals surface area contributed by atoms with Crippen LogP contribution in [0.3, 0.4) is 0 Å². The van der Waals surface area contributed by atoms with Crippen molar-refractivity contribution in [3.63, 3.8) is 0 Å². The fourth-order valence-electron chi connectivity index (χ4n) is 1.95. The molecule has 0 fully saturated rings. The van der Waals surface area contributed by atoms with Crippen molar-refractivity contribution in [2.45, 2.75) is 25.8 Å². The van der Waals surface area contributed by atoms with E-state index in [9.17, 15) is 8.42 Å². The Balaban J connectivity index is 0.000000258. The molecule has 1 aromatic rings. The maximum Gasteiger partial charge on any atom is 0.264 e. The van der Waals surface area contributed by atoms with Crippen molar-refractivity contribution in [3.05, 3.63) is 35.4 Å². The predicted octanol–water partition coefficient (Wildman–Crippen LogP) is 1.79. The van der Waals surface area contributed by atoms with Crippen LogP contribution in [-0.4, -0.2) is 25.3 Å². The second-order valence-electron chi connectivity index (χ2n) is 4.25. The highest BCUT2D eigenvalue weighted by molar-refractivity contribution is 7.85. The van der Waals surface area contributed by atoms with Crippen LogP contribution in [0.2, 0.25) is 0 Å². The zero-order chi connectivity index (χ0) is 14.3. The van der Waals surface area contributed by atoms with Gasteiger partial charge in [-0.1, -0.05) is 30.2 Å². The fourth-order valence-corrected chi connectivity index (χ4v) is 1.95. The minimum absolute atomic E-state index is 0.201. The number of aryl methyl sites for hydroxylation is 1. The van der Waals surface area contributed by atoms with Gasteiger partial charge >= 0.3 is 0 Å². The molecule has 0 saturated heterocycles. The lowest BCUT2D eigenvalue weighted by Crippen LogP contribution is -2.19. The van der Waals surface area contributed by atoms with Crippen molar-refractivity contribution >= 4 is 10.1 Å². The van der Waals surface area contributed by atoms with E-state index in [4.69, 9.17) is 11.0 Å². The van der Waals surface area contributed by atoms with Crippen LogP contribution in [0.5, 0.6) is 0 Å². The van der Waals surface area contributed by atoms with Gasteiger partial charge in [-0.3, -0.25) is 9.87 Å². The molecule has 0 amide bonds. The molecule has 4 nitrogen and oxygen atoms in total. The quantitative estimate of drug-likeness (QED) is 0.655. The Hall–Kier alpha value is -1.35. The summed E-state index contributed by atoms with van der Waals surface area (Å²) in [6, 6.07) is 9.06. The van der Waals surface area contributed by atoms with Crippen LogP contribution in [0.25, 0.3) is 0 Å². The number of fused-ring (bicyclic) bond motifs is 1. The van der Waals surface area contributed by atoms with Gasteiger partial charge in [0.05, 0.1) is 12.3 Å². The second-order valence-corrected chi connectivity index (χ2v) is 5.99. The second kappa shape index (κ2) is 7.29. The van der Waals surface area contributed by atoms with Crippen molar-refractivity contribution in [1.82, 2.24) is 5.32 Å². The monoisotopic (exact) mass is 281 g/mol. The first kappa shape index (κ1) is 15.7. The molecule has 5 heteroatoms. The molecule has 2 rings (SSSR count). The normalized spacial score (nSPS) is 17.0. The summed E-state index contributed by atoms with van der Waals surface area (Å²) in [5.41, 5.74) is 2.90. The van der Waals surface area contributed by atoms with Gasteiger partial charge in [-0.25, -0.2) is 0 Å². The highest BCUT2D eigenvalue weighted by Crippen LogP contribution is 2.30. The van der Waals surface area contributed by atoms with Crippen molar-refractivity contribution in [2.24, 2.45) is 0 Å². The van der Waals surface area contributed by atoms with Crippen LogP contribution in [0.15, 0.2) is 24.3 Å². The first-order valence-corrected chi connectivity index (χ1v) is 7.78. The summed E-state index contributed by atoms with van der Waals surface area (Å²) in [6.45, 7) is 2.04. The highest BCUT2D eigenvalue weighted by Gasteiger charge is 2.20. The summed E-state index contributed by atoms with van der Waals surface area (Å²) in [4.78, 5) is 0. The van der Waals surface area contributed by atoms with Crippen molar-refractivity contribution in [3.8, 4) is 12.3 Å². The molecule has 19 heavy (non-hydrogen) atoms. The van der Waals surface area contributed by atoms with Crippen molar-refractivity contribution in [2.75, 3.05) is 12.3 Å². The summed E-state index contributed by atoms with van der Waals surface area (Å²) >= 11 is 0. The Morgan fingerprint density at radius 2 is 2.11 bits per heavy atom. The lowest BCUT2D eigenvalue weighted by Gasteiger charge is -2.10. The Morgan fingerprint density at radius 3 is 2.68 bits per heavy atom. The van der Waals surface area contributed by atoms with Gasteiger partial charge in [-0.15, -0.1) is 6.42 Å². The van der Waals surface area contributed by atoms with E-state index in [1.54, 1.807) is 0 Å². The van der Waals surface area contributed by atoms with E-state index in [0.717, 1.165) is 0 Å². The molecule has 104 valence electrons. The Bertz CT molecular complexity index is 546. The van der Waals surface area contributed by atoms with Crippen LogP contribution < -0.4 is 5.32 Å². The number of hydrogen-bond acceptors (Lipinski definition) is 3. The van der Waals surface area contributed by atoms with Crippen molar-refractivity contribution < 1.29 is 13.0 Å². The van der Waals surface area contributed by atoms with E-state index in [-0.39, 0.29) is 5.75 Å². The molecule has 0 heterocycles. The molecule has 1 unspecified atom stereocenters. The van der Waals surface area contributed by atoms with Gasteiger partial charge in [-0.2, -0.15) is 8.42 Å². The summed E-state index contributed by atoms with van der Waals surface area (Å²) in [5, 5.41) is 3.35. The van der Waals surface area contributed by atoms with Gasteiger partial charge in [0.25, 0.3) is 10.1 Å². The Morgan fingerprint density at radius 1 is 1.47 bits per heavy atom. The third kappa shape index (κ3) is 5.43. The molecule has 1 atom stereocenters. The van der Waals surface area contributed by atoms with E-state index in [1.807, 2.05) is 0 Å². The van der Waals surface area contributed by atoms with E-state index >= 15 is 0 Å². The lowest BCUT2D eigenvalue weighted by molar-refractivity contribution is 0.484. The van der Waals surface area contributed by atoms with Gasteiger partial charge in [-0.05, 0) is 30.9 Å². The van der Waals surface area contributed by atoms with Gasteiger partial charge in [0.1, 0.15) is 0 Å². The highest BCUT2D eigenvalue weighted by atomic mass is 32.2. The third-order valence-electron chi connectivity index (χ3n) is 2.95. The average molecular weight is 281 g/mol. The molecule has 0 aromatic heterocycles. The largest absolute Gasteiger partial charge is 0.299 e. The van der Waals surface area contributed by atoms with Gasteiger partial charge in [0.15, 0.2) is 0 Å². The summed E-state index contributed by atoms with van der Waals surface area (Å²) in [5.74, 6) is 2.41. The predicted molar refractivity (Wildman–Crippen MR) is 76.4 cm³/mol. The van der Waals surface area contributed by atoms with E-state index in [0.29, 0.717) is 12.6 Å². The maximum absolute atomic E-state index is 9.56. The molecular weight excluding hydrogens is 262 g/mol. The van der Waals surface area contributed by atoms with Crippen LogP contribution >= 0.6 is 0 Å². The summed E-state index contributed by atoms with van der Waals surface area (Å²) < 4.78 is 26.9. The summed E-state index contributed by atoms with van der Waals surface area (Å²) in [7, 11) is -3.66. The van der Waals surface area contributed by atoms with Crippen LogP contribution in [0.1, 0.15) is 30.5 Å². The first-order valence-electron chi connectivity index (χ1n) is 6.17. The molecule has 0 bridgehead atoms. The number of hydrogen-bond donors (Lipinski definition) is 2. The molecule has 1 aliphatic rings. The minimum Gasteiger partial charge on any atom is -0.299 e. The van der Waals surface area contributed by atoms with Crippen molar-refractivity contribution in [1.29, 1.82) is 0 Å². The standard InChI is InChI=1S/C12H13N.C2H6O3S/c1-2-9-13-12-8-7-10-5-3-4-6-11(10)12;1-2-6(3,4)5/h1,3-6,12-13H,7-9H2;2H2,1H3,(H,3,4,5).